The van der Waals surface area contributed by atoms with E-state index in [4.69, 9.17) is 5.73 Å². The fourth-order valence-corrected chi connectivity index (χ4v) is 1.77. The number of primary amides is 1. The van der Waals surface area contributed by atoms with Crippen LogP contribution in [0.15, 0.2) is 12.3 Å². The van der Waals surface area contributed by atoms with Crippen molar-refractivity contribution in [3.05, 3.63) is 27.9 Å². The smallest absolute Gasteiger partial charge is 0.288 e. The molecule has 0 atom stereocenters. The molecule has 4 N–H and O–H groups in total. The van der Waals surface area contributed by atoms with Crippen molar-refractivity contribution >= 4 is 17.4 Å². The Bertz CT molecular complexity index is 516. The van der Waals surface area contributed by atoms with E-state index in [1.807, 2.05) is 0 Å². The van der Waals surface area contributed by atoms with Crippen LogP contribution in [0, 0.1) is 10.1 Å². The van der Waals surface area contributed by atoms with Crippen LogP contribution in [-0.4, -0.2) is 34.9 Å². The van der Waals surface area contributed by atoms with Gasteiger partial charge in [0.25, 0.3) is 11.6 Å². The molecule has 1 saturated carbocycles. The predicted octanol–water partition coefficient (Wildman–Crippen LogP) is 0.643. The number of carbonyl (C=O) groups is 1. The fourth-order valence-electron chi connectivity index (χ4n) is 1.77. The van der Waals surface area contributed by atoms with Gasteiger partial charge in [0.1, 0.15) is 12.0 Å². The van der Waals surface area contributed by atoms with Crippen LogP contribution < -0.4 is 16.4 Å². The van der Waals surface area contributed by atoms with E-state index in [1.54, 1.807) is 0 Å². The summed E-state index contributed by atoms with van der Waals surface area (Å²) in [4.78, 5) is 25.2. The number of nitro groups is 1. The average molecular weight is 279 g/mol. The summed E-state index contributed by atoms with van der Waals surface area (Å²) in [6, 6.07) is 1.80. The first-order valence-electron chi connectivity index (χ1n) is 6.49. The van der Waals surface area contributed by atoms with Crippen molar-refractivity contribution in [2.75, 3.05) is 18.4 Å². The third-order valence-corrected chi connectivity index (χ3v) is 3.01. The van der Waals surface area contributed by atoms with Gasteiger partial charge in [0.2, 0.25) is 0 Å². The second-order valence-electron chi connectivity index (χ2n) is 4.72. The van der Waals surface area contributed by atoms with Crippen LogP contribution in [0.25, 0.3) is 0 Å². The SMILES string of the molecule is NC(=O)c1cc([N+](=O)[O-])cnc1NCCCNC1CC1. The number of aromatic nitrogens is 1. The first kappa shape index (κ1) is 14.2. The Morgan fingerprint density at radius 2 is 2.25 bits per heavy atom. The molecule has 0 spiro atoms. The highest BCUT2D eigenvalue weighted by Gasteiger charge is 2.19. The summed E-state index contributed by atoms with van der Waals surface area (Å²) in [5.41, 5.74) is 4.99. The van der Waals surface area contributed by atoms with Gasteiger partial charge in [-0.2, -0.15) is 0 Å². The monoisotopic (exact) mass is 279 g/mol. The summed E-state index contributed by atoms with van der Waals surface area (Å²) in [6.07, 6.45) is 4.46. The highest BCUT2D eigenvalue weighted by Crippen LogP contribution is 2.19. The molecule has 1 aliphatic carbocycles. The summed E-state index contributed by atoms with van der Waals surface area (Å²) in [5, 5.41) is 17.0. The Hall–Kier alpha value is -2.22. The first-order chi connectivity index (χ1) is 9.58. The van der Waals surface area contributed by atoms with Crippen molar-refractivity contribution in [1.82, 2.24) is 10.3 Å². The van der Waals surface area contributed by atoms with Gasteiger partial charge >= 0.3 is 0 Å². The first-order valence-corrected chi connectivity index (χ1v) is 6.49. The average Bonchev–Trinajstić information content (AvgIpc) is 3.22. The van der Waals surface area contributed by atoms with Crippen LogP contribution in [0.4, 0.5) is 11.5 Å². The van der Waals surface area contributed by atoms with E-state index in [0.29, 0.717) is 12.6 Å². The molecule has 0 bridgehead atoms. The van der Waals surface area contributed by atoms with Gasteiger partial charge in [-0.15, -0.1) is 0 Å². The molecule has 1 heterocycles. The molecule has 1 aliphatic rings. The highest BCUT2D eigenvalue weighted by molar-refractivity contribution is 5.98. The van der Waals surface area contributed by atoms with Crippen LogP contribution in [-0.2, 0) is 0 Å². The van der Waals surface area contributed by atoms with Gasteiger partial charge in [-0.05, 0) is 25.8 Å². The molecule has 0 aliphatic heterocycles. The number of nitrogens with one attached hydrogen (secondary N) is 2. The van der Waals surface area contributed by atoms with E-state index in [9.17, 15) is 14.9 Å². The molecule has 1 aromatic heterocycles. The van der Waals surface area contributed by atoms with Crippen molar-refractivity contribution in [3.63, 3.8) is 0 Å². The molecule has 2 rings (SSSR count). The van der Waals surface area contributed by atoms with E-state index in [0.717, 1.165) is 25.2 Å². The van der Waals surface area contributed by atoms with Gasteiger partial charge in [0, 0.05) is 18.7 Å². The zero-order chi connectivity index (χ0) is 14.5. The van der Waals surface area contributed by atoms with Crippen molar-refractivity contribution in [1.29, 1.82) is 0 Å². The summed E-state index contributed by atoms with van der Waals surface area (Å²) < 4.78 is 0. The molecule has 1 fully saturated rings. The maximum atomic E-state index is 11.3. The van der Waals surface area contributed by atoms with Crippen molar-refractivity contribution in [2.45, 2.75) is 25.3 Å². The second-order valence-corrected chi connectivity index (χ2v) is 4.72. The van der Waals surface area contributed by atoms with Crippen LogP contribution >= 0.6 is 0 Å². The lowest BCUT2D eigenvalue weighted by atomic mass is 10.2. The van der Waals surface area contributed by atoms with E-state index in [2.05, 4.69) is 15.6 Å². The highest BCUT2D eigenvalue weighted by atomic mass is 16.6. The Kier molecular flexibility index (Phi) is 4.46. The third kappa shape index (κ3) is 3.89. The molecule has 108 valence electrons. The minimum atomic E-state index is -0.736. The van der Waals surface area contributed by atoms with Crippen molar-refractivity contribution < 1.29 is 9.72 Å². The minimum Gasteiger partial charge on any atom is -0.369 e. The number of hydrogen-bond acceptors (Lipinski definition) is 6. The van der Waals surface area contributed by atoms with E-state index >= 15 is 0 Å². The quantitative estimate of drug-likeness (QED) is 0.364. The van der Waals surface area contributed by atoms with Crippen LogP contribution in [0.5, 0.6) is 0 Å². The predicted molar refractivity (Wildman–Crippen MR) is 73.5 cm³/mol. The van der Waals surface area contributed by atoms with E-state index in [1.165, 1.54) is 12.8 Å². The molecule has 0 radical (unpaired) electrons. The molecular formula is C12H17N5O3. The minimum absolute atomic E-state index is 0.0364. The Morgan fingerprint density at radius 1 is 1.50 bits per heavy atom. The standard InChI is InChI=1S/C12H17N5O3/c13-11(18)10-6-9(17(19)20)7-16-12(10)15-5-1-4-14-8-2-3-8/h6-8,14H,1-5H2,(H2,13,18)(H,15,16). The lowest BCUT2D eigenvalue weighted by Gasteiger charge is -2.09. The third-order valence-electron chi connectivity index (χ3n) is 3.01. The maximum Gasteiger partial charge on any atom is 0.288 e. The fraction of sp³-hybridized carbons (Fsp3) is 0.500. The lowest BCUT2D eigenvalue weighted by Crippen LogP contribution is -2.21. The summed E-state index contributed by atoms with van der Waals surface area (Å²) in [7, 11) is 0. The van der Waals surface area contributed by atoms with Gasteiger partial charge in [0.05, 0.1) is 10.5 Å². The maximum absolute atomic E-state index is 11.3. The van der Waals surface area contributed by atoms with Gasteiger partial charge in [-0.3, -0.25) is 14.9 Å². The number of pyridine rings is 1. The van der Waals surface area contributed by atoms with Crippen molar-refractivity contribution in [2.24, 2.45) is 5.73 Å². The number of anilines is 1. The molecule has 20 heavy (non-hydrogen) atoms. The lowest BCUT2D eigenvalue weighted by molar-refractivity contribution is -0.385. The van der Waals surface area contributed by atoms with Gasteiger partial charge in [-0.25, -0.2) is 4.98 Å². The largest absolute Gasteiger partial charge is 0.369 e. The van der Waals surface area contributed by atoms with Gasteiger partial charge in [0.15, 0.2) is 0 Å². The number of rotatable bonds is 8. The Balaban J connectivity index is 1.91. The van der Waals surface area contributed by atoms with Gasteiger partial charge < -0.3 is 16.4 Å². The summed E-state index contributed by atoms with van der Waals surface area (Å²) in [6.45, 7) is 1.50. The molecular weight excluding hydrogens is 262 g/mol. The van der Waals surface area contributed by atoms with E-state index in [-0.39, 0.29) is 17.1 Å². The molecule has 1 aromatic rings. The Morgan fingerprint density at radius 3 is 2.85 bits per heavy atom. The van der Waals surface area contributed by atoms with Gasteiger partial charge in [-0.1, -0.05) is 0 Å². The van der Waals surface area contributed by atoms with Crippen molar-refractivity contribution in [3.8, 4) is 0 Å². The van der Waals surface area contributed by atoms with Crippen LogP contribution in [0.3, 0.4) is 0 Å². The zero-order valence-corrected chi connectivity index (χ0v) is 11.0. The van der Waals surface area contributed by atoms with E-state index < -0.39 is 10.8 Å². The molecule has 0 aromatic carbocycles. The summed E-state index contributed by atoms with van der Waals surface area (Å²) >= 11 is 0. The molecule has 1 amide bonds. The molecule has 8 nitrogen and oxygen atoms in total. The second kappa shape index (κ2) is 6.29. The van der Waals surface area contributed by atoms with Crippen LogP contribution in [0.2, 0.25) is 0 Å². The summed E-state index contributed by atoms with van der Waals surface area (Å²) in [5.74, 6) is -0.450. The molecule has 0 saturated heterocycles. The topological polar surface area (TPSA) is 123 Å². The number of nitrogens with two attached hydrogens (primary N) is 1. The molecule has 8 heteroatoms. The Labute approximate surface area is 115 Å². The molecule has 0 unspecified atom stereocenters. The van der Waals surface area contributed by atoms with Crippen LogP contribution in [0.1, 0.15) is 29.6 Å². The number of nitrogens with zero attached hydrogens (tertiary/aromatic N) is 2. The zero-order valence-electron chi connectivity index (χ0n) is 11.0. The number of carbonyl (C=O) groups excluding carboxylic acids is 1. The normalized spacial score (nSPS) is 14.0. The number of hydrogen-bond donors (Lipinski definition) is 3. The number of amides is 1.